The van der Waals surface area contributed by atoms with Gasteiger partial charge in [-0.1, -0.05) is 0 Å². The summed E-state index contributed by atoms with van der Waals surface area (Å²) < 4.78 is 0. The van der Waals surface area contributed by atoms with Crippen LogP contribution in [0.1, 0.15) is 19.3 Å². The van der Waals surface area contributed by atoms with Gasteiger partial charge in [0.2, 0.25) is 0 Å². The number of carbonyl (C=O) groups excluding carboxylic acids is 1. The molecule has 0 aromatic rings. The highest BCUT2D eigenvalue weighted by atomic mass is 16.2. The van der Waals surface area contributed by atoms with Gasteiger partial charge >= 0.3 is 6.03 Å². The van der Waals surface area contributed by atoms with Crippen molar-refractivity contribution >= 4 is 6.03 Å². The summed E-state index contributed by atoms with van der Waals surface area (Å²) in [6.45, 7) is 4.16. The van der Waals surface area contributed by atoms with Gasteiger partial charge in [0.15, 0.2) is 0 Å². The summed E-state index contributed by atoms with van der Waals surface area (Å²) in [5.41, 5.74) is 0.503. The fraction of sp³-hybridized carbons (Fsp3) is 0.909. The molecule has 2 aliphatic rings. The molecule has 0 radical (unpaired) electrons. The number of urea groups is 1. The third-order valence-corrected chi connectivity index (χ3v) is 3.81. The Kier molecular flexibility index (Phi) is 2.87. The van der Waals surface area contributed by atoms with Gasteiger partial charge in [-0.3, -0.25) is 0 Å². The number of carbonyl (C=O) groups is 1. The molecule has 2 rings (SSSR count). The topological polar surface area (TPSA) is 35.6 Å². The van der Waals surface area contributed by atoms with Crippen LogP contribution in [0.15, 0.2) is 0 Å². The zero-order chi connectivity index (χ0) is 10.9. The molecule has 86 valence electrons. The van der Waals surface area contributed by atoms with Crippen LogP contribution < -0.4 is 5.32 Å². The standard InChI is InChI=1S/C11H21N3O/c1-13(2)10(15)14-7-4-11(5-8-14)3-6-12-9-11/h12H,3-9H2,1-2H3. The van der Waals surface area contributed by atoms with E-state index < -0.39 is 0 Å². The van der Waals surface area contributed by atoms with E-state index in [1.54, 1.807) is 4.90 Å². The van der Waals surface area contributed by atoms with Gasteiger partial charge < -0.3 is 15.1 Å². The van der Waals surface area contributed by atoms with E-state index in [-0.39, 0.29) is 6.03 Å². The molecule has 0 unspecified atom stereocenters. The number of hydrogen-bond acceptors (Lipinski definition) is 2. The zero-order valence-electron chi connectivity index (χ0n) is 9.75. The lowest BCUT2D eigenvalue weighted by atomic mass is 9.78. The summed E-state index contributed by atoms with van der Waals surface area (Å²) in [4.78, 5) is 15.4. The maximum absolute atomic E-state index is 11.7. The molecule has 2 heterocycles. The summed E-state index contributed by atoms with van der Waals surface area (Å²) >= 11 is 0. The van der Waals surface area contributed by atoms with E-state index in [1.807, 2.05) is 19.0 Å². The first-order valence-corrected chi connectivity index (χ1v) is 5.80. The Morgan fingerprint density at radius 3 is 2.40 bits per heavy atom. The van der Waals surface area contributed by atoms with Crippen molar-refractivity contribution in [2.24, 2.45) is 5.41 Å². The maximum atomic E-state index is 11.7. The van der Waals surface area contributed by atoms with Crippen molar-refractivity contribution in [3.8, 4) is 0 Å². The summed E-state index contributed by atoms with van der Waals surface area (Å²) in [5, 5.41) is 3.44. The van der Waals surface area contributed by atoms with Crippen LogP contribution in [-0.2, 0) is 0 Å². The van der Waals surface area contributed by atoms with Crippen LogP contribution in [0.3, 0.4) is 0 Å². The zero-order valence-corrected chi connectivity index (χ0v) is 9.75. The van der Waals surface area contributed by atoms with Gasteiger partial charge in [-0.25, -0.2) is 4.79 Å². The number of nitrogens with zero attached hydrogens (tertiary/aromatic N) is 2. The second-order valence-electron chi connectivity index (χ2n) is 5.09. The number of nitrogens with one attached hydrogen (secondary N) is 1. The number of hydrogen-bond donors (Lipinski definition) is 1. The molecule has 2 fully saturated rings. The Bertz CT molecular complexity index is 236. The van der Waals surface area contributed by atoms with Crippen LogP contribution in [0.2, 0.25) is 0 Å². The minimum absolute atomic E-state index is 0.163. The first kappa shape index (κ1) is 10.7. The summed E-state index contributed by atoms with van der Waals surface area (Å²) in [5.74, 6) is 0. The van der Waals surface area contributed by atoms with E-state index in [0.717, 1.165) is 26.2 Å². The Balaban J connectivity index is 1.89. The van der Waals surface area contributed by atoms with Gasteiger partial charge in [0, 0.05) is 33.7 Å². The molecule has 2 amide bonds. The van der Waals surface area contributed by atoms with E-state index in [1.165, 1.54) is 19.3 Å². The van der Waals surface area contributed by atoms with Gasteiger partial charge in [-0.15, -0.1) is 0 Å². The molecule has 4 nitrogen and oxygen atoms in total. The molecule has 1 spiro atoms. The fourth-order valence-electron chi connectivity index (χ4n) is 2.68. The first-order valence-electron chi connectivity index (χ1n) is 5.80. The van der Waals surface area contributed by atoms with Crippen molar-refractivity contribution in [2.75, 3.05) is 40.3 Å². The molecule has 15 heavy (non-hydrogen) atoms. The predicted octanol–water partition coefficient (Wildman–Crippen LogP) is 0.744. The molecule has 1 N–H and O–H groups in total. The highest BCUT2D eigenvalue weighted by Crippen LogP contribution is 2.36. The Morgan fingerprint density at radius 1 is 1.27 bits per heavy atom. The second-order valence-corrected chi connectivity index (χ2v) is 5.09. The SMILES string of the molecule is CN(C)C(=O)N1CCC2(CCNC2)CC1. The lowest BCUT2D eigenvalue weighted by Crippen LogP contribution is -2.47. The molecule has 0 aromatic carbocycles. The molecular weight excluding hydrogens is 190 g/mol. The quantitative estimate of drug-likeness (QED) is 0.641. The Morgan fingerprint density at radius 2 is 1.93 bits per heavy atom. The minimum atomic E-state index is 0.163. The van der Waals surface area contributed by atoms with E-state index in [4.69, 9.17) is 0 Å². The normalized spacial score (nSPS) is 24.5. The summed E-state index contributed by atoms with van der Waals surface area (Å²) in [7, 11) is 3.65. The van der Waals surface area contributed by atoms with Crippen LogP contribution in [-0.4, -0.2) is 56.1 Å². The molecule has 4 heteroatoms. The second kappa shape index (κ2) is 4.00. The Hall–Kier alpha value is -0.770. The van der Waals surface area contributed by atoms with Crippen LogP contribution in [0.25, 0.3) is 0 Å². The van der Waals surface area contributed by atoms with E-state index in [2.05, 4.69) is 5.32 Å². The molecule has 2 aliphatic heterocycles. The summed E-state index contributed by atoms with van der Waals surface area (Å²) in [6, 6.07) is 0.163. The van der Waals surface area contributed by atoms with E-state index in [0.29, 0.717) is 5.41 Å². The van der Waals surface area contributed by atoms with Crippen molar-refractivity contribution in [1.82, 2.24) is 15.1 Å². The molecule has 0 saturated carbocycles. The minimum Gasteiger partial charge on any atom is -0.331 e. The number of rotatable bonds is 0. The fourth-order valence-corrected chi connectivity index (χ4v) is 2.68. The summed E-state index contributed by atoms with van der Waals surface area (Å²) in [6.07, 6.45) is 3.62. The van der Waals surface area contributed by atoms with Crippen LogP contribution in [0, 0.1) is 5.41 Å². The molecule has 2 saturated heterocycles. The molecule has 0 aromatic heterocycles. The molecule has 0 atom stereocenters. The lowest BCUT2D eigenvalue weighted by Gasteiger charge is -2.39. The van der Waals surface area contributed by atoms with Crippen molar-refractivity contribution in [3.05, 3.63) is 0 Å². The monoisotopic (exact) mass is 211 g/mol. The van der Waals surface area contributed by atoms with Crippen molar-refractivity contribution in [2.45, 2.75) is 19.3 Å². The van der Waals surface area contributed by atoms with Crippen molar-refractivity contribution in [1.29, 1.82) is 0 Å². The predicted molar refractivity (Wildman–Crippen MR) is 59.8 cm³/mol. The third kappa shape index (κ3) is 2.09. The van der Waals surface area contributed by atoms with Gasteiger partial charge in [0.25, 0.3) is 0 Å². The largest absolute Gasteiger partial charge is 0.331 e. The average Bonchev–Trinajstić information content (AvgIpc) is 2.67. The molecule has 0 aliphatic carbocycles. The number of likely N-dealkylation sites (tertiary alicyclic amines) is 1. The molecule has 0 bridgehead atoms. The van der Waals surface area contributed by atoms with Crippen LogP contribution >= 0.6 is 0 Å². The van der Waals surface area contributed by atoms with E-state index in [9.17, 15) is 4.79 Å². The van der Waals surface area contributed by atoms with Crippen LogP contribution in [0.5, 0.6) is 0 Å². The Labute approximate surface area is 91.6 Å². The average molecular weight is 211 g/mol. The van der Waals surface area contributed by atoms with Crippen molar-refractivity contribution in [3.63, 3.8) is 0 Å². The van der Waals surface area contributed by atoms with Gasteiger partial charge in [0.05, 0.1) is 0 Å². The van der Waals surface area contributed by atoms with Gasteiger partial charge in [-0.2, -0.15) is 0 Å². The number of piperidine rings is 1. The molecular formula is C11H21N3O. The highest BCUT2D eigenvalue weighted by Gasteiger charge is 2.38. The smallest absolute Gasteiger partial charge is 0.319 e. The highest BCUT2D eigenvalue weighted by molar-refractivity contribution is 5.73. The third-order valence-electron chi connectivity index (χ3n) is 3.81. The van der Waals surface area contributed by atoms with Crippen molar-refractivity contribution < 1.29 is 4.79 Å². The number of amides is 2. The van der Waals surface area contributed by atoms with Gasteiger partial charge in [0.1, 0.15) is 0 Å². The van der Waals surface area contributed by atoms with E-state index >= 15 is 0 Å². The van der Waals surface area contributed by atoms with Gasteiger partial charge in [-0.05, 0) is 31.2 Å². The lowest BCUT2D eigenvalue weighted by molar-refractivity contribution is 0.114. The van der Waals surface area contributed by atoms with Crippen LogP contribution in [0.4, 0.5) is 4.79 Å². The first-order chi connectivity index (χ1) is 7.13. The maximum Gasteiger partial charge on any atom is 0.319 e.